The van der Waals surface area contributed by atoms with Gasteiger partial charge in [-0.25, -0.2) is 4.79 Å². The fourth-order valence-corrected chi connectivity index (χ4v) is 2.80. The summed E-state index contributed by atoms with van der Waals surface area (Å²) >= 11 is 5.95. The zero-order valence-electron chi connectivity index (χ0n) is 17.0. The Morgan fingerprint density at radius 1 is 1.03 bits per heavy atom. The Morgan fingerprint density at radius 3 is 2.43 bits per heavy atom. The van der Waals surface area contributed by atoms with Crippen LogP contribution in [-0.4, -0.2) is 49.0 Å². The number of aryl methyl sites for hydroxylation is 1. The lowest BCUT2D eigenvalue weighted by Crippen LogP contribution is -2.41. The molecule has 0 unspecified atom stereocenters. The molecule has 30 heavy (non-hydrogen) atoms. The number of ether oxygens (including phenoxy) is 2. The number of nitrogens with one attached hydrogen (secondary N) is 1. The summed E-state index contributed by atoms with van der Waals surface area (Å²) in [5, 5.41) is 3.16. The highest BCUT2D eigenvalue weighted by Gasteiger charge is 2.19. The van der Waals surface area contributed by atoms with Gasteiger partial charge in [0.2, 0.25) is 5.91 Å². The van der Waals surface area contributed by atoms with Gasteiger partial charge < -0.3 is 19.7 Å². The largest absolute Gasteiger partial charge is 0.480 e. The van der Waals surface area contributed by atoms with Gasteiger partial charge >= 0.3 is 5.97 Å². The van der Waals surface area contributed by atoms with E-state index in [2.05, 4.69) is 5.32 Å². The molecule has 2 aromatic carbocycles. The minimum absolute atomic E-state index is 0.130. The SMILES string of the molecule is CCCN(CC(=O)Nc1ccccc1C)C(=O)COC(=O)COc1ccccc1Cl. The van der Waals surface area contributed by atoms with E-state index in [-0.39, 0.29) is 19.1 Å². The number of carbonyl (C=O) groups excluding carboxylic acids is 3. The molecule has 0 aliphatic heterocycles. The van der Waals surface area contributed by atoms with Crippen LogP contribution in [-0.2, 0) is 19.1 Å². The number of hydrogen-bond acceptors (Lipinski definition) is 5. The lowest BCUT2D eigenvalue weighted by molar-refractivity contribution is -0.154. The van der Waals surface area contributed by atoms with Crippen LogP contribution < -0.4 is 10.1 Å². The lowest BCUT2D eigenvalue weighted by atomic mass is 10.2. The highest BCUT2D eigenvalue weighted by atomic mass is 35.5. The summed E-state index contributed by atoms with van der Waals surface area (Å²) in [6.45, 7) is 3.17. The van der Waals surface area contributed by atoms with Crippen LogP contribution >= 0.6 is 11.6 Å². The zero-order valence-corrected chi connectivity index (χ0v) is 17.8. The molecule has 0 aliphatic carbocycles. The van der Waals surface area contributed by atoms with E-state index in [1.54, 1.807) is 30.3 Å². The minimum Gasteiger partial charge on any atom is -0.480 e. The number of benzene rings is 2. The Labute approximate surface area is 180 Å². The van der Waals surface area contributed by atoms with Crippen molar-refractivity contribution in [2.24, 2.45) is 0 Å². The summed E-state index contributed by atoms with van der Waals surface area (Å²) in [5.74, 6) is -1.13. The molecule has 0 bridgehead atoms. The third kappa shape index (κ3) is 7.40. The van der Waals surface area contributed by atoms with E-state index in [0.717, 1.165) is 5.56 Å². The topological polar surface area (TPSA) is 84.9 Å². The Bertz CT molecular complexity index is 887. The lowest BCUT2D eigenvalue weighted by Gasteiger charge is -2.21. The standard InChI is InChI=1S/C22H25ClN2O5/c1-3-12-25(13-20(26)24-18-10-6-4-8-16(18)2)21(27)14-30-22(28)15-29-19-11-7-5-9-17(19)23/h4-11H,3,12-15H2,1-2H3,(H,24,26). The fraction of sp³-hybridized carbons (Fsp3) is 0.318. The van der Waals surface area contributed by atoms with Crippen LogP contribution in [0.4, 0.5) is 5.69 Å². The number of rotatable bonds is 10. The van der Waals surface area contributed by atoms with Crippen LogP contribution in [0, 0.1) is 6.92 Å². The molecule has 0 aliphatic rings. The first-order valence-electron chi connectivity index (χ1n) is 9.57. The smallest absolute Gasteiger partial charge is 0.344 e. The van der Waals surface area contributed by atoms with E-state index in [9.17, 15) is 14.4 Å². The van der Waals surface area contributed by atoms with Crippen molar-refractivity contribution in [2.45, 2.75) is 20.3 Å². The number of hydrogen-bond donors (Lipinski definition) is 1. The van der Waals surface area contributed by atoms with Gasteiger partial charge in [0.05, 0.1) is 11.6 Å². The molecule has 0 saturated carbocycles. The summed E-state index contributed by atoms with van der Waals surface area (Å²) in [6.07, 6.45) is 0.660. The van der Waals surface area contributed by atoms with Crippen LogP contribution in [0.1, 0.15) is 18.9 Å². The number of esters is 1. The summed E-state index contributed by atoms with van der Waals surface area (Å²) in [7, 11) is 0. The second-order valence-electron chi connectivity index (χ2n) is 6.56. The Morgan fingerprint density at radius 2 is 1.73 bits per heavy atom. The van der Waals surface area contributed by atoms with Crippen LogP contribution in [0.3, 0.4) is 0 Å². The molecule has 8 heteroatoms. The third-order valence-electron chi connectivity index (χ3n) is 4.14. The predicted molar refractivity (Wildman–Crippen MR) is 115 cm³/mol. The fourth-order valence-electron chi connectivity index (χ4n) is 2.61. The first kappa shape index (κ1) is 23.2. The summed E-state index contributed by atoms with van der Waals surface area (Å²) in [6, 6.07) is 14.1. The number of halogens is 1. The van der Waals surface area contributed by atoms with Crippen molar-refractivity contribution in [1.29, 1.82) is 0 Å². The van der Waals surface area contributed by atoms with Gasteiger partial charge in [-0.2, -0.15) is 0 Å². The van der Waals surface area contributed by atoms with Gasteiger partial charge in [0, 0.05) is 12.2 Å². The van der Waals surface area contributed by atoms with Gasteiger partial charge in [0.15, 0.2) is 13.2 Å². The van der Waals surface area contributed by atoms with Crippen molar-refractivity contribution in [1.82, 2.24) is 4.90 Å². The number of para-hydroxylation sites is 2. The molecule has 2 rings (SSSR count). The molecule has 7 nitrogen and oxygen atoms in total. The van der Waals surface area contributed by atoms with E-state index in [1.165, 1.54) is 4.90 Å². The van der Waals surface area contributed by atoms with Crippen molar-refractivity contribution in [3.63, 3.8) is 0 Å². The molecule has 160 valence electrons. The molecule has 2 amide bonds. The number of anilines is 1. The average Bonchev–Trinajstić information content (AvgIpc) is 2.72. The van der Waals surface area contributed by atoms with E-state index in [0.29, 0.717) is 29.4 Å². The van der Waals surface area contributed by atoms with Crippen LogP contribution in [0.15, 0.2) is 48.5 Å². The molecule has 0 fully saturated rings. The Balaban J connectivity index is 1.82. The predicted octanol–water partition coefficient (Wildman–Crippen LogP) is 3.45. The third-order valence-corrected chi connectivity index (χ3v) is 4.45. The van der Waals surface area contributed by atoms with Crippen LogP contribution in [0.2, 0.25) is 5.02 Å². The highest BCUT2D eigenvalue weighted by Crippen LogP contribution is 2.22. The molecule has 0 aromatic heterocycles. The van der Waals surface area contributed by atoms with Crippen molar-refractivity contribution in [2.75, 3.05) is 31.6 Å². The van der Waals surface area contributed by atoms with Gasteiger partial charge in [0.25, 0.3) is 5.91 Å². The average molecular weight is 433 g/mol. The number of nitrogens with zero attached hydrogens (tertiary/aromatic N) is 1. The molecule has 2 aromatic rings. The van der Waals surface area contributed by atoms with Crippen molar-refractivity contribution in [3.8, 4) is 5.75 Å². The van der Waals surface area contributed by atoms with E-state index in [1.807, 2.05) is 32.0 Å². The van der Waals surface area contributed by atoms with Gasteiger partial charge in [-0.3, -0.25) is 9.59 Å². The maximum atomic E-state index is 12.4. The van der Waals surface area contributed by atoms with Crippen molar-refractivity contribution >= 4 is 35.1 Å². The van der Waals surface area contributed by atoms with E-state index >= 15 is 0 Å². The molecule has 0 atom stereocenters. The quantitative estimate of drug-likeness (QED) is 0.581. The zero-order chi connectivity index (χ0) is 21.9. The Kier molecular flexibility index (Phi) is 9.15. The minimum atomic E-state index is -0.705. The first-order valence-corrected chi connectivity index (χ1v) is 9.94. The summed E-state index contributed by atoms with van der Waals surface area (Å²) < 4.78 is 10.3. The van der Waals surface area contributed by atoms with Gasteiger partial charge in [-0.1, -0.05) is 48.9 Å². The molecule has 0 radical (unpaired) electrons. The number of amides is 2. The normalized spacial score (nSPS) is 10.2. The second kappa shape index (κ2) is 11.8. The Hall–Kier alpha value is -3.06. The maximum Gasteiger partial charge on any atom is 0.344 e. The molecular formula is C22H25ClN2O5. The van der Waals surface area contributed by atoms with Crippen LogP contribution in [0.5, 0.6) is 5.75 Å². The molecule has 0 spiro atoms. The second-order valence-corrected chi connectivity index (χ2v) is 6.97. The molecular weight excluding hydrogens is 408 g/mol. The van der Waals surface area contributed by atoms with E-state index in [4.69, 9.17) is 21.1 Å². The van der Waals surface area contributed by atoms with Gasteiger partial charge in [-0.05, 0) is 37.1 Å². The van der Waals surface area contributed by atoms with E-state index < -0.39 is 18.5 Å². The molecule has 1 N–H and O–H groups in total. The maximum absolute atomic E-state index is 12.4. The summed E-state index contributed by atoms with van der Waals surface area (Å²) in [5.41, 5.74) is 1.61. The molecule has 0 saturated heterocycles. The molecule has 0 heterocycles. The van der Waals surface area contributed by atoms with Crippen LogP contribution in [0.25, 0.3) is 0 Å². The highest BCUT2D eigenvalue weighted by molar-refractivity contribution is 6.32. The summed E-state index contributed by atoms with van der Waals surface area (Å²) in [4.78, 5) is 38.0. The first-order chi connectivity index (χ1) is 14.4. The van der Waals surface area contributed by atoms with Gasteiger partial charge in [-0.15, -0.1) is 0 Å². The number of carbonyl (C=O) groups is 3. The van der Waals surface area contributed by atoms with Gasteiger partial charge in [0.1, 0.15) is 5.75 Å². The van der Waals surface area contributed by atoms with Crippen molar-refractivity contribution in [3.05, 3.63) is 59.1 Å². The monoisotopic (exact) mass is 432 g/mol. The van der Waals surface area contributed by atoms with Crippen molar-refractivity contribution < 1.29 is 23.9 Å².